The summed E-state index contributed by atoms with van der Waals surface area (Å²) in [5, 5.41) is 5.75. The summed E-state index contributed by atoms with van der Waals surface area (Å²) >= 11 is 0. The molecule has 1 atom stereocenters. The van der Waals surface area contributed by atoms with Crippen molar-refractivity contribution in [2.45, 2.75) is 26.8 Å². The van der Waals surface area contributed by atoms with E-state index in [1.165, 1.54) is 12.5 Å². The molecular weight excluding hydrogens is 326 g/mol. The van der Waals surface area contributed by atoms with Gasteiger partial charge in [-0.1, -0.05) is 56.3 Å². The Morgan fingerprint density at radius 2 is 1.69 bits per heavy atom. The lowest BCUT2D eigenvalue weighted by Crippen LogP contribution is -2.39. The second-order valence-corrected chi connectivity index (χ2v) is 6.12. The van der Waals surface area contributed by atoms with Gasteiger partial charge in [0.05, 0.1) is 6.04 Å². The molecule has 2 N–H and O–H groups in total. The maximum atomic E-state index is 12.3. The van der Waals surface area contributed by atoms with Crippen LogP contribution >= 0.6 is 0 Å². The second-order valence-electron chi connectivity index (χ2n) is 6.12. The van der Waals surface area contributed by atoms with E-state index < -0.39 is 0 Å². The first kappa shape index (κ1) is 19.7. The van der Waals surface area contributed by atoms with E-state index in [0.29, 0.717) is 17.8 Å². The Morgan fingerprint density at radius 3 is 2.31 bits per heavy atom. The molecule has 0 saturated heterocycles. The van der Waals surface area contributed by atoms with Gasteiger partial charge in [-0.3, -0.25) is 9.69 Å². The Balaban J connectivity index is 2.02. The van der Waals surface area contributed by atoms with Crippen LogP contribution in [0.25, 0.3) is 0 Å². The molecule has 138 valence electrons. The maximum absolute atomic E-state index is 12.3. The van der Waals surface area contributed by atoms with Crippen molar-refractivity contribution < 1.29 is 9.59 Å². The normalized spacial score (nSPS) is 11.8. The third kappa shape index (κ3) is 5.43. The number of anilines is 1. The minimum absolute atomic E-state index is 0.0280. The molecular formula is C21H27N3O2. The quantitative estimate of drug-likeness (QED) is 0.703. The van der Waals surface area contributed by atoms with Crippen LogP contribution in [0.3, 0.4) is 0 Å². The lowest BCUT2D eigenvalue weighted by atomic mass is 10.1. The summed E-state index contributed by atoms with van der Waals surface area (Å²) < 4.78 is 0. The number of amides is 2. The van der Waals surface area contributed by atoms with Gasteiger partial charge in [0.15, 0.2) is 5.78 Å². The second kappa shape index (κ2) is 9.73. The Bertz CT molecular complexity index is 727. The van der Waals surface area contributed by atoms with Crippen molar-refractivity contribution in [1.82, 2.24) is 10.2 Å². The van der Waals surface area contributed by atoms with Gasteiger partial charge in [-0.25, -0.2) is 4.79 Å². The zero-order valence-electron chi connectivity index (χ0n) is 15.7. The average molecular weight is 353 g/mol. The molecule has 0 aliphatic heterocycles. The summed E-state index contributed by atoms with van der Waals surface area (Å²) in [4.78, 5) is 26.1. The Kier molecular flexibility index (Phi) is 7.36. The van der Waals surface area contributed by atoms with Crippen LogP contribution in [-0.2, 0) is 0 Å². The van der Waals surface area contributed by atoms with E-state index in [-0.39, 0.29) is 17.9 Å². The molecule has 2 aromatic rings. The number of ketones is 1. The number of rotatable bonds is 8. The maximum Gasteiger partial charge on any atom is 0.319 e. The number of hydrogen-bond acceptors (Lipinski definition) is 3. The molecule has 1 unspecified atom stereocenters. The van der Waals surface area contributed by atoms with Crippen molar-refractivity contribution in [3.05, 3.63) is 65.7 Å². The lowest BCUT2D eigenvalue weighted by Gasteiger charge is -2.30. The molecule has 5 nitrogen and oxygen atoms in total. The number of benzene rings is 2. The largest absolute Gasteiger partial charge is 0.336 e. The highest BCUT2D eigenvalue weighted by atomic mass is 16.2. The minimum Gasteiger partial charge on any atom is -0.336 e. The van der Waals surface area contributed by atoms with E-state index in [1.54, 1.807) is 24.3 Å². The zero-order chi connectivity index (χ0) is 18.9. The van der Waals surface area contributed by atoms with Gasteiger partial charge in [-0.05, 0) is 37.7 Å². The summed E-state index contributed by atoms with van der Waals surface area (Å²) in [5.74, 6) is -0.0280. The minimum atomic E-state index is -0.279. The molecule has 0 aliphatic carbocycles. The monoisotopic (exact) mass is 353 g/mol. The SMILES string of the molecule is CCN(CC)C(CNC(=O)Nc1cccc(C(C)=O)c1)c1ccccc1. The summed E-state index contributed by atoms with van der Waals surface area (Å²) in [6, 6.07) is 17.0. The van der Waals surface area contributed by atoms with Gasteiger partial charge in [0, 0.05) is 17.8 Å². The number of carbonyl (C=O) groups is 2. The molecule has 0 heterocycles. The summed E-state index contributed by atoms with van der Waals surface area (Å²) in [5.41, 5.74) is 2.36. The Hall–Kier alpha value is -2.66. The molecule has 0 aromatic heterocycles. The van der Waals surface area contributed by atoms with Crippen LogP contribution in [0.1, 0.15) is 42.7 Å². The molecule has 2 amide bonds. The molecule has 0 bridgehead atoms. The third-order valence-corrected chi connectivity index (χ3v) is 4.42. The van der Waals surface area contributed by atoms with E-state index in [9.17, 15) is 9.59 Å². The standard InChI is InChI=1S/C21H27N3O2/c1-4-24(5-2)20(17-10-7-6-8-11-17)15-22-21(26)23-19-13-9-12-18(14-19)16(3)25/h6-14,20H,4-5,15H2,1-3H3,(H2,22,23,26). The molecule has 0 aliphatic rings. The van der Waals surface area contributed by atoms with Gasteiger partial charge in [-0.15, -0.1) is 0 Å². The molecule has 0 spiro atoms. The molecule has 2 rings (SSSR count). The first-order valence-electron chi connectivity index (χ1n) is 9.00. The number of nitrogens with one attached hydrogen (secondary N) is 2. The predicted molar refractivity (Wildman–Crippen MR) is 106 cm³/mol. The van der Waals surface area contributed by atoms with Crippen LogP contribution < -0.4 is 10.6 Å². The van der Waals surface area contributed by atoms with E-state index in [0.717, 1.165) is 13.1 Å². The van der Waals surface area contributed by atoms with Gasteiger partial charge in [-0.2, -0.15) is 0 Å². The van der Waals surface area contributed by atoms with E-state index in [1.807, 2.05) is 18.2 Å². The van der Waals surface area contributed by atoms with E-state index >= 15 is 0 Å². The first-order chi connectivity index (χ1) is 12.5. The van der Waals surface area contributed by atoms with Crippen LogP contribution in [0.2, 0.25) is 0 Å². The third-order valence-electron chi connectivity index (χ3n) is 4.42. The number of hydrogen-bond donors (Lipinski definition) is 2. The number of carbonyl (C=O) groups excluding carboxylic acids is 2. The van der Waals surface area contributed by atoms with Gasteiger partial charge in [0.25, 0.3) is 0 Å². The summed E-state index contributed by atoms with van der Waals surface area (Å²) in [6.07, 6.45) is 0. The number of Topliss-reactive ketones (excluding diaryl/α,β-unsaturated/α-hetero) is 1. The van der Waals surface area contributed by atoms with Crippen LogP contribution in [0.5, 0.6) is 0 Å². The molecule has 0 fully saturated rings. The van der Waals surface area contributed by atoms with Crippen molar-refractivity contribution in [1.29, 1.82) is 0 Å². The highest BCUT2D eigenvalue weighted by molar-refractivity contribution is 5.96. The van der Waals surface area contributed by atoms with Gasteiger partial charge in [0.1, 0.15) is 0 Å². The van der Waals surface area contributed by atoms with Crippen molar-refractivity contribution in [3.63, 3.8) is 0 Å². The van der Waals surface area contributed by atoms with Gasteiger partial charge in [0.2, 0.25) is 0 Å². The zero-order valence-corrected chi connectivity index (χ0v) is 15.7. The summed E-state index contributed by atoms with van der Waals surface area (Å²) in [6.45, 7) is 8.05. The van der Waals surface area contributed by atoms with Crippen LogP contribution in [0.4, 0.5) is 10.5 Å². The lowest BCUT2D eigenvalue weighted by molar-refractivity contribution is 0.101. The molecule has 0 saturated carbocycles. The van der Waals surface area contributed by atoms with Crippen molar-refractivity contribution in [3.8, 4) is 0 Å². The first-order valence-corrected chi connectivity index (χ1v) is 9.00. The van der Waals surface area contributed by atoms with Gasteiger partial charge < -0.3 is 10.6 Å². The highest BCUT2D eigenvalue weighted by Gasteiger charge is 2.18. The average Bonchev–Trinajstić information content (AvgIpc) is 2.66. The fourth-order valence-electron chi connectivity index (χ4n) is 2.98. The number of nitrogens with zero attached hydrogens (tertiary/aromatic N) is 1. The Morgan fingerprint density at radius 1 is 1.00 bits per heavy atom. The topological polar surface area (TPSA) is 61.4 Å². The van der Waals surface area contributed by atoms with Crippen LogP contribution in [0, 0.1) is 0 Å². The number of urea groups is 1. The highest BCUT2D eigenvalue weighted by Crippen LogP contribution is 2.19. The molecule has 5 heteroatoms. The molecule has 26 heavy (non-hydrogen) atoms. The van der Waals surface area contributed by atoms with Crippen molar-refractivity contribution in [2.24, 2.45) is 0 Å². The number of likely N-dealkylation sites (N-methyl/N-ethyl adjacent to an activating group) is 1. The Labute approximate surface area is 155 Å². The fraction of sp³-hybridized carbons (Fsp3) is 0.333. The smallest absolute Gasteiger partial charge is 0.319 e. The van der Waals surface area contributed by atoms with Crippen LogP contribution in [0.15, 0.2) is 54.6 Å². The van der Waals surface area contributed by atoms with Crippen molar-refractivity contribution in [2.75, 3.05) is 25.0 Å². The van der Waals surface area contributed by atoms with Crippen molar-refractivity contribution >= 4 is 17.5 Å². The van der Waals surface area contributed by atoms with E-state index in [4.69, 9.17) is 0 Å². The summed E-state index contributed by atoms with van der Waals surface area (Å²) in [7, 11) is 0. The van der Waals surface area contributed by atoms with Crippen LogP contribution in [-0.4, -0.2) is 36.3 Å². The fourth-order valence-corrected chi connectivity index (χ4v) is 2.98. The van der Waals surface area contributed by atoms with Gasteiger partial charge >= 0.3 is 6.03 Å². The predicted octanol–water partition coefficient (Wildman–Crippen LogP) is 4.09. The molecule has 2 aromatic carbocycles. The van der Waals surface area contributed by atoms with E-state index in [2.05, 4.69) is 41.5 Å². The molecule has 0 radical (unpaired) electrons.